The Morgan fingerprint density at radius 1 is 1.12 bits per heavy atom. The van der Waals surface area contributed by atoms with E-state index in [0.29, 0.717) is 12.2 Å². The van der Waals surface area contributed by atoms with Crippen LogP contribution in [0.5, 0.6) is 0 Å². The van der Waals surface area contributed by atoms with Crippen LogP contribution in [0.15, 0.2) is 65.6 Å². The number of ether oxygens (including phenoxy) is 1. The SMILES string of the molecule is COC(=O)c1cc(-c2ccc(SC)cc2)n(Cc2ccccc2)n1. The van der Waals surface area contributed by atoms with Gasteiger partial charge in [0.05, 0.1) is 19.3 Å². The van der Waals surface area contributed by atoms with Gasteiger partial charge in [0.25, 0.3) is 0 Å². The molecule has 24 heavy (non-hydrogen) atoms. The molecule has 0 aliphatic carbocycles. The molecule has 0 atom stereocenters. The zero-order valence-corrected chi connectivity index (χ0v) is 14.4. The smallest absolute Gasteiger partial charge is 0.358 e. The average Bonchev–Trinajstić information content (AvgIpc) is 3.05. The lowest BCUT2D eigenvalue weighted by Gasteiger charge is -2.08. The number of thioether (sulfide) groups is 1. The van der Waals surface area contributed by atoms with Crippen molar-refractivity contribution in [3.8, 4) is 11.3 Å². The highest BCUT2D eigenvalue weighted by molar-refractivity contribution is 7.98. The van der Waals surface area contributed by atoms with Crippen LogP contribution in [0, 0.1) is 0 Å². The van der Waals surface area contributed by atoms with E-state index in [4.69, 9.17) is 4.74 Å². The predicted octanol–water partition coefficient (Wildman–Crippen LogP) is 4.11. The van der Waals surface area contributed by atoms with E-state index in [2.05, 4.69) is 17.2 Å². The van der Waals surface area contributed by atoms with Crippen molar-refractivity contribution in [1.29, 1.82) is 0 Å². The number of methoxy groups -OCH3 is 1. The van der Waals surface area contributed by atoms with Crippen molar-refractivity contribution in [2.45, 2.75) is 11.4 Å². The molecular weight excluding hydrogens is 320 g/mol. The minimum Gasteiger partial charge on any atom is -0.464 e. The first kappa shape index (κ1) is 16.3. The highest BCUT2D eigenvalue weighted by Crippen LogP contribution is 2.25. The third kappa shape index (κ3) is 3.51. The van der Waals surface area contributed by atoms with E-state index < -0.39 is 5.97 Å². The van der Waals surface area contributed by atoms with Crippen molar-refractivity contribution in [1.82, 2.24) is 9.78 Å². The van der Waals surface area contributed by atoms with Gasteiger partial charge in [-0.05, 0) is 35.6 Å². The standard InChI is InChI=1S/C19H18N2O2S/c1-23-19(22)17-12-18(15-8-10-16(24-2)11-9-15)21(20-17)13-14-6-4-3-5-7-14/h3-12H,13H2,1-2H3. The maximum atomic E-state index is 11.9. The summed E-state index contributed by atoms with van der Waals surface area (Å²) in [5.41, 5.74) is 3.36. The van der Waals surface area contributed by atoms with Crippen LogP contribution in [-0.4, -0.2) is 29.1 Å². The van der Waals surface area contributed by atoms with Crippen LogP contribution in [0.1, 0.15) is 16.1 Å². The average molecular weight is 338 g/mol. The van der Waals surface area contributed by atoms with E-state index in [-0.39, 0.29) is 0 Å². The molecule has 0 N–H and O–H groups in total. The molecule has 0 aliphatic rings. The Balaban J connectivity index is 2.01. The van der Waals surface area contributed by atoms with E-state index in [0.717, 1.165) is 16.8 Å². The summed E-state index contributed by atoms with van der Waals surface area (Å²) in [5, 5.41) is 4.43. The number of nitrogens with zero attached hydrogens (tertiary/aromatic N) is 2. The van der Waals surface area contributed by atoms with Crippen molar-refractivity contribution in [3.05, 3.63) is 71.9 Å². The van der Waals surface area contributed by atoms with Crippen molar-refractivity contribution in [2.24, 2.45) is 0 Å². The number of benzene rings is 2. The molecule has 3 rings (SSSR count). The third-order valence-electron chi connectivity index (χ3n) is 3.74. The van der Waals surface area contributed by atoms with E-state index in [9.17, 15) is 4.79 Å². The molecule has 0 saturated heterocycles. The normalized spacial score (nSPS) is 10.6. The molecule has 2 aromatic carbocycles. The number of aromatic nitrogens is 2. The molecule has 0 unspecified atom stereocenters. The maximum Gasteiger partial charge on any atom is 0.358 e. The van der Waals surface area contributed by atoms with E-state index in [1.165, 1.54) is 12.0 Å². The van der Waals surface area contributed by atoms with Gasteiger partial charge in [-0.25, -0.2) is 4.79 Å². The highest BCUT2D eigenvalue weighted by atomic mass is 32.2. The van der Waals surface area contributed by atoms with Crippen LogP contribution >= 0.6 is 11.8 Å². The second kappa shape index (κ2) is 7.36. The van der Waals surface area contributed by atoms with Crippen molar-refractivity contribution < 1.29 is 9.53 Å². The van der Waals surface area contributed by atoms with Gasteiger partial charge in [0.1, 0.15) is 0 Å². The Kier molecular flexibility index (Phi) is 5.01. The molecule has 0 spiro atoms. The Labute approximate surface area is 145 Å². The second-order valence-electron chi connectivity index (χ2n) is 5.28. The molecule has 0 radical (unpaired) electrons. The van der Waals surface area contributed by atoms with Crippen LogP contribution in [0.25, 0.3) is 11.3 Å². The Bertz CT molecular complexity index is 826. The molecule has 5 heteroatoms. The quantitative estimate of drug-likeness (QED) is 0.519. The third-order valence-corrected chi connectivity index (χ3v) is 4.48. The molecule has 1 heterocycles. The lowest BCUT2D eigenvalue weighted by Crippen LogP contribution is -2.07. The van der Waals surface area contributed by atoms with Gasteiger partial charge in [0, 0.05) is 4.90 Å². The first-order valence-corrected chi connectivity index (χ1v) is 8.78. The van der Waals surface area contributed by atoms with E-state index >= 15 is 0 Å². The molecule has 0 aliphatic heterocycles. The van der Waals surface area contributed by atoms with Gasteiger partial charge in [-0.1, -0.05) is 42.5 Å². The predicted molar refractivity (Wildman–Crippen MR) is 96.3 cm³/mol. The molecule has 122 valence electrons. The van der Waals surface area contributed by atoms with Crippen LogP contribution in [-0.2, 0) is 11.3 Å². The van der Waals surface area contributed by atoms with Gasteiger partial charge in [0.15, 0.2) is 5.69 Å². The molecule has 3 aromatic rings. The lowest BCUT2D eigenvalue weighted by molar-refractivity contribution is 0.0593. The largest absolute Gasteiger partial charge is 0.464 e. The summed E-state index contributed by atoms with van der Waals surface area (Å²) in [5.74, 6) is -0.427. The summed E-state index contributed by atoms with van der Waals surface area (Å²) in [6.45, 7) is 0.595. The van der Waals surface area contributed by atoms with Gasteiger partial charge in [-0.3, -0.25) is 4.68 Å². The van der Waals surface area contributed by atoms with Gasteiger partial charge >= 0.3 is 5.97 Å². The summed E-state index contributed by atoms with van der Waals surface area (Å²) >= 11 is 1.70. The van der Waals surface area contributed by atoms with Crippen LogP contribution in [0.4, 0.5) is 0 Å². The molecule has 0 amide bonds. The number of rotatable bonds is 5. The fourth-order valence-corrected chi connectivity index (χ4v) is 2.90. The molecule has 1 aromatic heterocycles. The van der Waals surface area contributed by atoms with Crippen LogP contribution in [0.2, 0.25) is 0 Å². The first-order chi connectivity index (χ1) is 11.7. The molecular formula is C19H18N2O2S. The van der Waals surface area contributed by atoms with Crippen LogP contribution in [0.3, 0.4) is 0 Å². The summed E-state index contributed by atoms with van der Waals surface area (Å²) < 4.78 is 6.65. The molecule has 0 fully saturated rings. The van der Waals surface area contributed by atoms with Gasteiger partial charge in [-0.2, -0.15) is 5.10 Å². The van der Waals surface area contributed by atoms with Crippen molar-refractivity contribution in [2.75, 3.05) is 13.4 Å². The first-order valence-electron chi connectivity index (χ1n) is 7.56. The molecule has 4 nitrogen and oxygen atoms in total. The summed E-state index contributed by atoms with van der Waals surface area (Å²) in [6, 6.07) is 20.1. The summed E-state index contributed by atoms with van der Waals surface area (Å²) in [6.07, 6.45) is 2.05. The topological polar surface area (TPSA) is 44.1 Å². The van der Waals surface area contributed by atoms with Crippen LogP contribution < -0.4 is 0 Å². The fourth-order valence-electron chi connectivity index (χ4n) is 2.49. The summed E-state index contributed by atoms with van der Waals surface area (Å²) in [4.78, 5) is 13.1. The van der Waals surface area contributed by atoms with Gasteiger partial charge < -0.3 is 4.74 Å². The van der Waals surface area contributed by atoms with E-state index in [1.807, 2.05) is 53.4 Å². The Hall–Kier alpha value is -2.53. The lowest BCUT2D eigenvalue weighted by atomic mass is 10.1. The monoisotopic (exact) mass is 338 g/mol. The minimum absolute atomic E-state index is 0.317. The zero-order valence-electron chi connectivity index (χ0n) is 13.6. The Morgan fingerprint density at radius 3 is 2.46 bits per heavy atom. The maximum absolute atomic E-state index is 11.9. The molecule has 0 bridgehead atoms. The summed E-state index contributed by atoms with van der Waals surface area (Å²) in [7, 11) is 1.37. The van der Waals surface area contributed by atoms with E-state index in [1.54, 1.807) is 17.8 Å². The van der Waals surface area contributed by atoms with Gasteiger partial charge in [-0.15, -0.1) is 11.8 Å². The second-order valence-corrected chi connectivity index (χ2v) is 6.16. The number of hydrogen-bond donors (Lipinski definition) is 0. The Morgan fingerprint density at radius 2 is 1.83 bits per heavy atom. The van der Waals surface area contributed by atoms with Gasteiger partial charge in [0.2, 0.25) is 0 Å². The number of carbonyl (C=O) groups excluding carboxylic acids is 1. The van der Waals surface area contributed by atoms with Crippen molar-refractivity contribution >= 4 is 17.7 Å². The number of carbonyl (C=O) groups is 1. The highest BCUT2D eigenvalue weighted by Gasteiger charge is 2.16. The zero-order chi connectivity index (χ0) is 16.9. The molecule has 0 saturated carbocycles. The van der Waals surface area contributed by atoms with Crippen molar-refractivity contribution in [3.63, 3.8) is 0 Å². The minimum atomic E-state index is -0.427. The fraction of sp³-hybridized carbons (Fsp3) is 0.158. The number of hydrogen-bond acceptors (Lipinski definition) is 4. The number of esters is 1.